The SMILES string of the molecule is C=Cc1cc2nc(C(=O)O)c(NC(=C)OCc3ccccc3)cc2cc1F. The lowest BCUT2D eigenvalue weighted by molar-refractivity contribution is 0.0692. The molecule has 0 bridgehead atoms. The molecule has 1 aromatic heterocycles. The van der Waals surface area contributed by atoms with Crippen molar-refractivity contribution in [2.45, 2.75) is 6.61 Å². The van der Waals surface area contributed by atoms with Crippen LogP contribution in [0.4, 0.5) is 10.1 Å². The van der Waals surface area contributed by atoms with Gasteiger partial charge in [-0.2, -0.15) is 0 Å². The highest BCUT2D eigenvalue weighted by molar-refractivity contribution is 5.97. The van der Waals surface area contributed by atoms with E-state index in [1.54, 1.807) is 0 Å². The number of hydrogen-bond acceptors (Lipinski definition) is 4. The third kappa shape index (κ3) is 4.12. The minimum Gasteiger partial charge on any atom is -0.476 e. The van der Waals surface area contributed by atoms with Crippen LogP contribution in [0.1, 0.15) is 21.6 Å². The summed E-state index contributed by atoms with van der Waals surface area (Å²) in [7, 11) is 0. The molecule has 0 unspecified atom stereocenters. The summed E-state index contributed by atoms with van der Waals surface area (Å²) in [6.45, 7) is 7.55. The molecule has 0 aliphatic rings. The van der Waals surface area contributed by atoms with Crippen LogP contribution < -0.4 is 5.32 Å². The molecule has 0 spiro atoms. The van der Waals surface area contributed by atoms with Crippen molar-refractivity contribution in [1.29, 1.82) is 0 Å². The number of hydrogen-bond donors (Lipinski definition) is 2. The van der Waals surface area contributed by atoms with Crippen LogP contribution >= 0.6 is 0 Å². The number of anilines is 1. The van der Waals surface area contributed by atoms with Gasteiger partial charge in [-0.1, -0.05) is 43.0 Å². The smallest absolute Gasteiger partial charge is 0.356 e. The van der Waals surface area contributed by atoms with E-state index in [0.29, 0.717) is 10.9 Å². The highest BCUT2D eigenvalue weighted by Crippen LogP contribution is 2.25. The van der Waals surface area contributed by atoms with Crippen LogP contribution in [0.3, 0.4) is 0 Å². The average molecular weight is 364 g/mol. The summed E-state index contributed by atoms with van der Waals surface area (Å²) in [5, 5.41) is 12.7. The number of aromatic carboxylic acids is 1. The maximum Gasteiger partial charge on any atom is 0.356 e. The zero-order valence-corrected chi connectivity index (χ0v) is 14.4. The molecule has 27 heavy (non-hydrogen) atoms. The van der Waals surface area contributed by atoms with E-state index < -0.39 is 11.8 Å². The molecule has 1 heterocycles. The van der Waals surface area contributed by atoms with E-state index in [9.17, 15) is 14.3 Å². The first-order chi connectivity index (χ1) is 13.0. The lowest BCUT2D eigenvalue weighted by atomic mass is 10.1. The monoisotopic (exact) mass is 364 g/mol. The highest BCUT2D eigenvalue weighted by atomic mass is 19.1. The van der Waals surface area contributed by atoms with E-state index >= 15 is 0 Å². The molecule has 0 saturated carbocycles. The van der Waals surface area contributed by atoms with Crippen molar-refractivity contribution in [3.63, 3.8) is 0 Å². The number of carboxylic acids is 1. The molecule has 6 heteroatoms. The number of nitrogens with zero attached hydrogens (tertiary/aromatic N) is 1. The number of ether oxygens (including phenoxy) is 1. The van der Waals surface area contributed by atoms with E-state index in [4.69, 9.17) is 4.74 Å². The number of pyridine rings is 1. The second-order valence-electron chi connectivity index (χ2n) is 5.78. The molecular formula is C21H17FN2O3. The first kappa shape index (κ1) is 18.1. The van der Waals surface area contributed by atoms with Crippen molar-refractivity contribution in [3.8, 4) is 0 Å². The Morgan fingerprint density at radius 2 is 2.00 bits per heavy atom. The Balaban J connectivity index is 1.87. The van der Waals surface area contributed by atoms with Crippen molar-refractivity contribution in [2.24, 2.45) is 0 Å². The first-order valence-electron chi connectivity index (χ1n) is 8.10. The topological polar surface area (TPSA) is 71.5 Å². The van der Waals surface area contributed by atoms with Crippen molar-refractivity contribution >= 4 is 28.6 Å². The number of benzene rings is 2. The van der Waals surface area contributed by atoms with E-state index in [2.05, 4.69) is 23.5 Å². The van der Waals surface area contributed by atoms with E-state index in [1.807, 2.05) is 30.3 Å². The van der Waals surface area contributed by atoms with E-state index in [-0.39, 0.29) is 29.4 Å². The van der Waals surface area contributed by atoms with Crippen LogP contribution in [-0.4, -0.2) is 16.1 Å². The minimum absolute atomic E-state index is 0.158. The van der Waals surface area contributed by atoms with Crippen LogP contribution in [0.15, 0.2) is 67.6 Å². The largest absolute Gasteiger partial charge is 0.476 e. The number of halogens is 1. The Morgan fingerprint density at radius 3 is 2.67 bits per heavy atom. The van der Waals surface area contributed by atoms with Gasteiger partial charge in [-0.05, 0) is 30.3 Å². The third-order valence-corrected chi connectivity index (χ3v) is 3.89. The second kappa shape index (κ2) is 7.70. The fraction of sp³-hybridized carbons (Fsp3) is 0.0476. The zero-order chi connectivity index (χ0) is 19.4. The van der Waals surface area contributed by atoms with Crippen molar-refractivity contribution in [3.05, 3.63) is 90.2 Å². The standard InChI is InChI=1S/C21H17FN2O3/c1-3-15-10-18-16(9-17(15)22)11-19(20(24-18)21(25)26)23-13(2)27-12-14-7-5-4-6-8-14/h3-11,23H,1-2,12H2,(H,25,26). The number of carbonyl (C=O) groups is 1. The molecular weight excluding hydrogens is 347 g/mol. The van der Waals surface area contributed by atoms with Gasteiger partial charge < -0.3 is 15.2 Å². The van der Waals surface area contributed by atoms with Gasteiger partial charge in [-0.25, -0.2) is 14.2 Å². The summed E-state index contributed by atoms with van der Waals surface area (Å²) in [4.78, 5) is 15.7. The van der Waals surface area contributed by atoms with Gasteiger partial charge in [0.25, 0.3) is 0 Å². The summed E-state index contributed by atoms with van der Waals surface area (Å²) in [5.74, 6) is -1.53. The number of aromatic nitrogens is 1. The predicted octanol–water partition coefficient (Wildman–Crippen LogP) is 4.82. The maximum atomic E-state index is 14.0. The van der Waals surface area contributed by atoms with Crippen LogP contribution in [0.5, 0.6) is 0 Å². The molecule has 0 atom stereocenters. The number of carboxylic acid groups (broad SMARTS) is 1. The van der Waals surface area contributed by atoms with Crippen LogP contribution in [0, 0.1) is 5.82 Å². The molecule has 136 valence electrons. The maximum absolute atomic E-state index is 14.0. The molecule has 2 N–H and O–H groups in total. The molecule has 0 aliphatic heterocycles. The second-order valence-corrected chi connectivity index (χ2v) is 5.78. The molecule has 0 fully saturated rings. The van der Waals surface area contributed by atoms with Crippen molar-refractivity contribution < 1.29 is 19.0 Å². The first-order valence-corrected chi connectivity index (χ1v) is 8.10. The minimum atomic E-state index is -1.22. The lowest BCUT2D eigenvalue weighted by Gasteiger charge is -2.14. The highest BCUT2D eigenvalue weighted by Gasteiger charge is 2.16. The molecule has 2 aromatic carbocycles. The van der Waals surface area contributed by atoms with Gasteiger partial charge in [-0.15, -0.1) is 0 Å². The summed E-state index contributed by atoms with van der Waals surface area (Å²) in [5.41, 5.74) is 1.50. The summed E-state index contributed by atoms with van der Waals surface area (Å²) < 4.78 is 19.5. The Bertz CT molecular complexity index is 1030. The van der Waals surface area contributed by atoms with Gasteiger partial charge in [0.05, 0.1) is 11.2 Å². The Hall–Kier alpha value is -3.67. The summed E-state index contributed by atoms with van der Waals surface area (Å²) >= 11 is 0. The zero-order valence-electron chi connectivity index (χ0n) is 14.4. The summed E-state index contributed by atoms with van der Waals surface area (Å²) in [6, 6.07) is 13.7. The fourth-order valence-corrected chi connectivity index (χ4v) is 2.56. The Labute approximate surface area is 155 Å². The molecule has 0 aliphatic carbocycles. The van der Waals surface area contributed by atoms with Gasteiger partial charge >= 0.3 is 5.97 Å². The number of rotatable bonds is 7. The van der Waals surface area contributed by atoms with Crippen molar-refractivity contribution in [1.82, 2.24) is 4.98 Å². The van der Waals surface area contributed by atoms with Gasteiger partial charge in [0.1, 0.15) is 12.4 Å². The average Bonchev–Trinajstić information content (AvgIpc) is 2.66. The van der Waals surface area contributed by atoms with E-state index in [0.717, 1.165) is 5.56 Å². The fourth-order valence-electron chi connectivity index (χ4n) is 2.56. The third-order valence-electron chi connectivity index (χ3n) is 3.89. The normalized spacial score (nSPS) is 10.4. The van der Waals surface area contributed by atoms with Crippen molar-refractivity contribution in [2.75, 3.05) is 5.32 Å². The molecule has 3 rings (SSSR count). The molecule has 0 radical (unpaired) electrons. The van der Waals surface area contributed by atoms with Crippen LogP contribution in [-0.2, 0) is 11.3 Å². The molecule has 0 saturated heterocycles. The molecule has 0 amide bonds. The molecule has 5 nitrogen and oxygen atoms in total. The van der Waals surface area contributed by atoms with Crippen LogP contribution in [0.25, 0.3) is 17.0 Å². The Morgan fingerprint density at radius 1 is 1.26 bits per heavy atom. The number of nitrogens with one attached hydrogen (secondary N) is 1. The van der Waals surface area contributed by atoms with Gasteiger partial charge in [0, 0.05) is 10.9 Å². The van der Waals surface area contributed by atoms with E-state index in [1.165, 1.54) is 24.3 Å². The van der Waals surface area contributed by atoms with Crippen LogP contribution in [0.2, 0.25) is 0 Å². The Kier molecular flexibility index (Phi) is 5.17. The van der Waals surface area contributed by atoms with Gasteiger partial charge in [-0.3, -0.25) is 0 Å². The lowest BCUT2D eigenvalue weighted by Crippen LogP contribution is -2.10. The summed E-state index contributed by atoms with van der Waals surface area (Å²) in [6.07, 6.45) is 1.35. The van der Waals surface area contributed by atoms with Gasteiger partial charge in [0.2, 0.25) is 0 Å². The molecule has 3 aromatic rings. The number of fused-ring (bicyclic) bond motifs is 1. The predicted molar refractivity (Wildman–Crippen MR) is 103 cm³/mol. The van der Waals surface area contributed by atoms with Gasteiger partial charge in [0.15, 0.2) is 11.6 Å². The quantitative estimate of drug-likeness (QED) is 0.589.